The van der Waals surface area contributed by atoms with E-state index in [-0.39, 0.29) is 5.91 Å². The highest BCUT2D eigenvalue weighted by atomic mass is 16.5. The normalized spacial score (nSPS) is 21.7. The van der Waals surface area contributed by atoms with Crippen molar-refractivity contribution in [3.8, 4) is 0 Å². The molecule has 5 rings (SSSR count). The van der Waals surface area contributed by atoms with Crippen molar-refractivity contribution in [2.24, 2.45) is 0 Å². The summed E-state index contributed by atoms with van der Waals surface area (Å²) in [6.07, 6.45) is 6.41. The van der Waals surface area contributed by atoms with Crippen LogP contribution in [0.1, 0.15) is 24.0 Å². The smallest absolute Gasteiger partial charge is 0.246 e. The van der Waals surface area contributed by atoms with Crippen LogP contribution in [0.15, 0.2) is 42.5 Å². The highest BCUT2D eigenvalue weighted by Gasteiger charge is 2.24. The van der Waals surface area contributed by atoms with Gasteiger partial charge in [0.15, 0.2) is 11.6 Å². The van der Waals surface area contributed by atoms with E-state index in [1.807, 2.05) is 29.2 Å². The number of aromatic nitrogens is 2. The fraction of sp³-hybridized carbons (Fsp3) is 0.519. The van der Waals surface area contributed by atoms with Gasteiger partial charge in [-0.1, -0.05) is 24.3 Å². The Morgan fingerprint density at radius 2 is 1.60 bits per heavy atom. The summed E-state index contributed by atoms with van der Waals surface area (Å²) in [6.45, 7) is 10.9. The Morgan fingerprint density at radius 1 is 0.943 bits per heavy atom. The Labute approximate surface area is 208 Å². The summed E-state index contributed by atoms with van der Waals surface area (Å²) in [5.74, 6) is 1.89. The lowest BCUT2D eigenvalue weighted by molar-refractivity contribution is -0.126. The molecule has 3 aliphatic rings. The van der Waals surface area contributed by atoms with Crippen LogP contribution in [-0.4, -0.2) is 97.5 Å². The molecule has 0 saturated carbocycles. The van der Waals surface area contributed by atoms with Crippen LogP contribution in [0, 0.1) is 6.92 Å². The van der Waals surface area contributed by atoms with Crippen LogP contribution in [0.2, 0.25) is 0 Å². The summed E-state index contributed by atoms with van der Waals surface area (Å²) < 4.78 is 5.79. The Kier molecular flexibility index (Phi) is 7.59. The third-order valence-corrected chi connectivity index (χ3v) is 7.33. The quantitative estimate of drug-likeness (QED) is 0.594. The molecule has 1 unspecified atom stereocenters. The summed E-state index contributed by atoms with van der Waals surface area (Å²) >= 11 is 0. The number of benzene rings is 1. The van der Waals surface area contributed by atoms with Gasteiger partial charge in [0.2, 0.25) is 5.91 Å². The van der Waals surface area contributed by atoms with E-state index < -0.39 is 0 Å². The highest BCUT2D eigenvalue weighted by Crippen LogP contribution is 2.20. The number of carbonyl (C=O) groups excluding carboxylic acids is 1. The summed E-state index contributed by atoms with van der Waals surface area (Å²) in [5.41, 5.74) is 2.25. The van der Waals surface area contributed by atoms with Crippen molar-refractivity contribution in [3.63, 3.8) is 0 Å². The number of ether oxygens (including phenoxy) is 1. The molecule has 2 aromatic rings. The first-order chi connectivity index (χ1) is 17.2. The summed E-state index contributed by atoms with van der Waals surface area (Å²) in [5, 5.41) is 9.05. The van der Waals surface area contributed by atoms with Gasteiger partial charge in [-0.05, 0) is 49.1 Å². The van der Waals surface area contributed by atoms with Crippen LogP contribution in [0.4, 0.5) is 11.6 Å². The minimum Gasteiger partial charge on any atom is -0.377 e. The maximum absolute atomic E-state index is 12.6. The predicted molar refractivity (Wildman–Crippen MR) is 139 cm³/mol. The van der Waals surface area contributed by atoms with Gasteiger partial charge in [0, 0.05) is 71.6 Å². The molecule has 1 aromatic carbocycles. The van der Waals surface area contributed by atoms with Gasteiger partial charge in [-0.2, -0.15) is 0 Å². The molecular weight excluding hydrogens is 440 g/mol. The zero-order valence-corrected chi connectivity index (χ0v) is 20.7. The third kappa shape index (κ3) is 6.00. The maximum Gasteiger partial charge on any atom is 0.246 e. The van der Waals surface area contributed by atoms with E-state index in [1.165, 1.54) is 18.4 Å². The molecule has 186 valence electrons. The molecule has 3 saturated heterocycles. The number of hydrogen-bond acceptors (Lipinski definition) is 7. The first-order valence-electron chi connectivity index (χ1n) is 12.9. The Balaban J connectivity index is 1.08. The predicted octanol–water partition coefficient (Wildman–Crippen LogP) is 2.45. The first kappa shape index (κ1) is 23.8. The Bertz CT molecular complexity index is 1000. The molecule has 8 nitrogen and oxygen atoms in total. The van der Waals surface area contributed by atoms with Gasteiger partial charge in [-0.25, -0.2) is 0 Å². The van der Waals surface area contributed by atoms with Gasteiger partial charge in [0.05, 0.1) is 6.10 Å². The van der Waals surface area contributed by atoms with E-state index in [0.29, 0.717) is 19.2 Å². The van der Waals surface area contributed by atoms with Crippen molar-refractivity contribution in [1.82, 2.24) is 20.0 Å². The zero-order valence-electron chi connectivity index (χ0n) is 20.7. The molecule has 1 aromatic heterocycles. The minimum atomic E-state index is 0.0629. The van der Waals surface area contributed by atoms with Crippen LogP contribution >= 0.6 is 0 Å². The summed E-state index contributed by atoms with van der Waals surface area (Å²) in [7, 11) is 0. The average Bonchev–Trinajstić information content (AvgIpc) is 3.42. The van der Waals surface area contributed by atoms with Crippen molar-refractivity contribution >= 4 is 23.6 Å². The van der Waals surface area contributed by atoms with E-state index in [0.717, 1.165) is 69.6 Å². The molecule has 4 heterocycles. The number of nitrogens with zero attached hydrogens (tertiary/aromatic N) is 6. The molecule has 0 bridgehead atoms. The van der Waals surface area contributed by atoms with Gasteiger partial charge in [0.25, 0.3) is 0 Å². The van der Waals surface area contributed by atoms with Crippen molar-refractivity contribution in [3.05, 3.63) is 53.6 Å². The van der Waals surface area contributed by atoms with Gasteiger partial charge in [-0.15, -0.1) is 10.2 Å². The van der Waals surface area contributed by atoms with E-state index in [4.69, 9.17) is 4.74 Å². The molecule has 3 aliphatic heterocycles. The summed E-state index contributed by atoms with van der Waals surface area (Å²) in [4.78, 5) is 21.6. The Hall–Kier alpha value is -2.97. The third-order valence-electron chi connectivity index (χ3n) is 7.33. The lowest BCUT2D eigenvalue weighted by atomic mass is 10.1. The number of aryl methyl sites for hydroxylation is 1. The van der Waals surface area contributed by atoms with E-state index in [2.05, 4.69) is 50.0 Å². The molecule has 0 aliphatic carbocycles. The highest BCUT2D eigenvalue weighted by molar-refractivity contribution is 5.92. The van der Waals surface area contributed by atoms with Crippen LogP contribution in [-0.2, 0) is 9.53 Å². The average molecular weight is 477 g/mol. The van der Waals surface area contributed by atoms with E-state index >= 15 is 0 Å². The van der Waals surface area contributed by atoms with Gasteiger partial charge < -0.3 is 19.4 Å². The molecule has 8 heteroatoms. The van der Waals surface area contributed by atoms with Crippen LogP contribution in [0.5, 0.6) is 0 Å². The molecule has 1 amide bonds. The summed E-state index contributed by atoms with van der Waals surface area (Å²) in [6, 6.07) is 12.2. The molecular formula is C27H36N6O2. The van der Waals surface area contributed by atoms with Crippen LogP contribution < -0.4 is 9.80 Å². The second-order valence-electron chi connectivity index (χ2n) is 9.67. The van der Waals surface area contributed by atoms with Crippen molar-refractivity contribution in [1.29, 1.82) is 0 Å². The molecule has 0 spiro atoms. The van der Waals surface area contributed by atoms with Crippen molar-refractivity contribution in [2.75, 3.05) is 75.3 Å². The zero-order chi connectivity index (χ0) is 24.0. The van der Waals surface area contributed by atoms with E-state index in [1.54, 1.807) is 6.08 Å². The molecule has 3 fully saturated rings. The maximum atomic E-state index is 12.6. The molecule has 35 heavy (non-hydrogen) atoms. The van der Waals surface area contributed by atoms with Gasteiger partial charge in [0.1, 0.15) is 0 Å². The lowest BCUT2D eigenvalue weighted by Gasteiger charge is -2.36. The number of carbonyl (C=O) groups is 1. The minimum absolute atomic E-state index is 0.0629. The number of piperazine rings is 2. The second-order valence-corrected chi connectivity index (χ2v) is 9.67. The largest absolute Gasteiger partial charge is 0.377 e. The number of anilines is 2. The lowest BCUT2D eigenvalue weighted by Crippen LogP contribution is -2.49. The topological polar surface area (TPSA) is 65.0 Å². The van der Waals surface area contributed by atoms with Crippen molar-refractivity contribution in [2.45, 2.75) is 25.9 Å². The van der Waals surface area contributed by atoms with Crippen LogP contribution in [0.3, 0.4) is 0 Å². The monoisotopic (exact) mass is 476 g/mol. The number of hydrogen-bond donors (Lipinski definition) is 0. The first-order valence-corrected chi connectivity index (χ1v) is 12.9. The SMILES string of the molecule is Cc1ccccc1/C=C/C(=O)N1CCN(c2ccc(N3CCN(CC4CCCO4)CC3)nn2)CC1. The number of rotatable bonds is 6. The van der Waals surface area contributed by atoms with Gasteiger partial charge >= 0.3 is 0 Å². The standard InChI is InChI=1S/C27H36N6O2/c1-22-5-2-3-6-23(22)8-11-27(34)33-18-16-32(17-19-33)26-10-9-25(28-29-26)31-14-12-30(13-15-31)21-24-7-4-20-35-24/h2-3,5-6,8-11,24H,4,7,12-21H2,1H3/b11-8+. The fourth-order valence-electron chi connectivity index (χ4n) is 5.09. The second kappa shape index (κ2) is 11.2. The molecule has 0 radical (unpaired) electrons. The van der Waals surface area contributed by atoms with E-state index in [9.17, 15) is 4.79 Å². The van der Waals surface area contributed by atoms with Crippen LogP contribution in [0.25, 0.3) is 6.08 Å². The van der Waals surface area contributed by atoms with Gasteiger partial charge in [-0.3, -0.25) is 9.69 Å². The fourth-order valence-corrected chi connectivity index (χ4v) is 5.09. The Morgan fingerprint density at radius 3 is 2.20 bits per heavy atom. The molecule has 1 atom stereocenters. The molecule has 0 N–H and O–H groups in total. The van der Waals surface area contributed by atoms with Crippen molar-refractivity contribution < 1.29 is 9.53 Å². The number of amides is 1.